The Morgan fingerprint density at radius 2 is 1.76 bits per heavy atom. The summed E-state index contributed by atoms with van der Waals surface area (Å²) in [6.07, 6.45) is 10.6. The molecule has 2 aromatic heterocycles. The molecular formula is C42H52N6O5S. The number of likely N-dealkylation sites (N-methyl/N-ethyl adjacent to an activating group) is 1. The molecule has 0 radical (unpaired) electrons. The molecule has 3 fully saturated rings. The van der Waals surface area contributed by atoms with Crippen LogP contribution in [0.4, 0.5) is 0 Å². The molecule has 2 amide bonds. The number of methoxy groups -OCH3 is 1. The van der Waals surface area contributed by atoms with Crippen LogP contribution < -0.4 is 9.46 Å². The number of nitrogens with one attached hydrogen (secondary N) is 1. The number of piperazine rings is 1. The minimum atomic E-state index is -3.84. The van der Waals surface area contributed by atoms with E-state index < -0.39 is 21.2 Å². The third-order valence-corrected chi connectivity index (χ3v) is 14.0. The number of carbonyl (C=O) groups is 2. The van der Waals surface area contributed by atoms with Gasteiger partial charge in [-0.25, -0.2) is 13.1 Å². The minimum Gasteiger partial charge on any atom is -0.497 e. The van der Waals surface area contributed by atoms with Gasteiger partial charge in [-0.2, -0.15) is 5.10 Å². The molecule has 1 N–H and O–H groups in total. The van der Waals surface area contributed by atoms with Crippen molar-refractivity contribution >= 4 is 44.4 Å². The van der Waals surface area contributed by atoms with Gasteiger partial charge in [0.05, 0.1) is 42.1 Å². The molecule has 2 aromatic carbocycles. The Labute approximate surface area is 318 Å². The van der Waals surface area contributed by atoms with Gasteiger partial charge in [-0.15, -0.1) is 0 Å². The fourth-order valence-corrected chi connectivity index (χ4v) is 10.0. The number of hydrogen-bond donors (Lipinski definition) is 1. The molecule has 1 saturated carbocycles. The van der Waals surface area contributed by atoms with Gasteiger partial charge in [0.2, 0.25) is 10.0 Å². The number of aromatic nitrogens is 3. The molecule has 4 aliphatic rings. The molecule has 286 valence electrons. The molecule has 5 heterocycles. The number of carbonyl (C=O) groups excluding carboxylic acids is 2. The van der Waals surface area contributed by atoms with Gasteiger partial charge in [0.15, 0.2) is 0 Å². The summed E-state index contributed by atoms with van der Waals surface area (Å²) >= 11 is 0. The van der Waals surface area contributed by atoms with E-state index in [9.17, 15) is 18.0 Å². The average molecular weight is 753 g/mol. The van der Waals surface area contributed by atoms with Crippen LogP contribution in [0.25, 0.3) is 33.8 Å². The summed E-state index contributed by atoms with van der Waals surface area (Å²) in [5.74, 6) is 0.423. The van der Waals surface area contributed by atoms with Gasteiger partial charge in [0.25, 0.3) is 11.8 Å². The predicted octanol–water partition coefficient (Wildman–Crippen LogP) is 7.08. The zero-order chi connectivity index (χ0) is 38.1. The predicted molar refractivity (Wildman–Crippen MR) is 212 cm³/mol. The zero-order valence-corrected chi connectivity index (χ0v) is 33.1. The maximum Gasteiger partial charge on any atom is 0.264 e. The molecule has 2 atom stereocenters. The van der Waals surface area contributed by atoms with Crippen LogP contribution in [-0.4, -0.2) is 88.5 Å². The Balaban J connectivity index is 1.33. The van der Waals surface area contributed by atoms with Crippen molar-refractivity contribution < 1.29 is 22.7 Å². The lowest BCUT2D eigenvalue weighted by Gasteiger charge is -2.33. The van der Waals surface area contributed by atoms with E-state index in [1.807, 2.05) is 22.9 Å². The van der Waals surface area contributed by atoms with Crippen LogP contribution in [0, 0.1) is 0 Å². The van der Waals surface area contributed by atoms with E-state index in [0.717, 1.165) is 96.5 Å². The van der Waals surface area contributed by atoms with Gasteiger partial charge in [-0.05, 0) is 113 Å². The SMILES string of the molecule is CCN1CC2C[C@@H]1CN2C(=O)c1cnn(C(C)C)c1C1=Cc2cc(OC)ccc2-c2c(C3CCCCC3)c3ccc(C(=O)NS(=O)(=O)C(C)C)cc3n2C1. The zero-order valence-electron chi connectivity index (χ0n) is 32.3. The summed E-state index contributed by atoms with van der Waals surface area (Å²) < 4.78 is 37.9. The van der Waals surface area contributed by atoms with E-state index >= 15 is 0 Å². The smallest absolute Gasteiger partial charge is 0.264 e. The number of ether oxygens (including phenoxy) is 1. The Morgan fingerprint density at radius 1 is 0.981 bits per heavy atom. The highest BCUT2D eigenvalue weighted by Crippen LogP contribution is 2.48. The van der Waals surface area contributed by atoms with Crippen molar-refractivity contribution in [1.82, 2.24) is 28.9 Å². The molecule has 8 rings (SSSR count). The Bertz CT molecular complexity index is 2280. The number of allylic oxidation sites excluding steroid dienone is 1. The first-order valence-electron chi connectivity index (χ1n) is 19.6. The Hall–Kier alpha value is -4.42. The van der Waals surface area contributed by atoms with Crippen LogP contribution in [0.1, 0.15) is 123 Å². The molecule has 54 heavy (non-hydrogen) atoms. The third-order valence-electron chi connectivity index (χ3n) is 12.2. The highest BCUT2D eigenvalue weighted by Gasteiger charge is 2.45. The number of nitrogens with zero attached hydrogens (tertiary/aromatic N) is 5. The fourth-order valence-electron chi connectivity index (χ4n) is 9.40. The van der Waals surface area contributed by atoms with E-state index in [1.165, 1.54) is 12.0 Å². The maximum absolute atomic E-state index is 14.6. The Morgan fingerprint density at radius 3 is 2.43 bits per heavy atom. The summed E-state index contributed by atoms with van der Waals surface area (Å²) in [5, 5.41) is 5.16. The Kier molecular flexibility index (Phi) is 9.49. The van der Waals surface area contributed by atoms with Crippen molar-refractivity contribution in [2.75, 3.05) is 26.7 Å². The van der Waals surface area contributed by atoms with Crippen molar-refractivity contribution in [1.29, 1.82) is 0 Å². The largest absolute Gasteiger partial charge is 0.497 e. The number of likely N-dealkylation sites (tertiary alicyclic amines) is 2. The van der Waals surface area contributed by atoms with Gasteiger partial charge >= 0.3 is 0 Å². The first-order valence-corrected chi connectivity index (χ1v) is 21.2. The van der Waals surface area contributed by atoms with Crippen molar-refractivity contribution in [3.8, 4) is 17.0 Å². The van der Waals surface area contributed by atoms with Crippen molar-refractivity contribution in [2.24, 2.45) is 0 Å². The molecule has 3 aliphatic heterocycles. The quantitative estimate of drug-likeness (QED) is 0.194. The van der Waals surface area contributed by atoms with E-state index in [4.69, 9.17) is 9.84 Å². The van der Waals surface area contributed by atoms with E-state index in [-0.39, 0.29) is 23.6 Å². The molecule has 4 aromatic rings. The highest BCUT2D eigenvalue weighted by atomic mass is 32.2. The average Bonchev–Trinajstić information content (AvgIpc) is 3.94. The molecular weight excluding hydrogens is 701 g/mol. The summed E-state index contributed by atoms with van der Waals surface area (Å²) in [6.45, 7) is 12.5. The third kappa shape index (κ3) is 6.15. The number of amides is 2. The number of sulfonamides is 1. The monoisotopic (exact) mass is 752 g/mol. The lowest BCUT2D eigenvalue weighted by atomic mass is 9.81. The van der Waals surface area contributed by atoms with Crippen LogP contribution in [0.3, 0.4) is 0 Å². The van der Waals surface area contributed by atoms with Crippen LogP contribution in [0.5, 0.6) is 5.75 Å². The van der Waals surface area contributed by atoms with Crippen molar-refractivity contribution in [3.63, 3.8) is 0 Å². The van der Waals surface area contributed by atoms with Crippen LogP contribution >= 0.6 is 0 Å². The van der Waals surface area contributed by atoms with Gasteiger partial charge in [0, 0.05) is 53.2 Å². The molecule has 1 aliphatic carbocycles. The number of benzene rings is 2. The molecule has 1 unspecified atom stereocenters. The topological polar surface area (TPSA) is 119 Å². The van der Waals surface area contributed by atoms with Crippen LogP contribution in [0.2, 0.25) is 0 Å². The lowest BCUT2D eigenvalue weighted by molar-refractivity contribution is 0.0630. The van der Waals surface area contributed by atoms with Crippen LogP contribution in [0.15, 0.2) is 42.6 Å². The molecule has 0 spiro atoms. The fraction of sp³-hybridized carbons (Fsp3) is 0.500. The molecule has 2 bridgehead atoms. The first kappa shape index (κ1) is 36.6. The molecule has 2 saturated heterocycles. The summed E-state index contributed by atoms with van der Waals surface area (Å²) in [6, 6.07) is 12.3. The van der Waals surface area contributed by atoms with Gasteiger partial charge < -0.3 is 14.2 Å². The lowest BCUT2D eigenvalue weighted by Crippen LogP contribution is -2.48. The summed E-state index contributed by atoms with van der Waals surface area (Å²) in [7, 11) is -2.16. The minimum absolute atomic E-state index is 0.0157. The van der Waals surface area contributed by atoms with Gasteiger partial charge in [-0.3, -0.25) is 19.2 Å². The van der Waals surface area contributed by atoms with Crippen LogP contribution in [-0.2, 0) is 16.6 Å². The van der Waals surface area contributed by atoms with Gasteiger partial charge in [-0.1, -0.05) is 32.3 Å². The maximum atomic E-state index is 14.6. The normalized spacial score (nSPS) is 20.4. The molecule has 12 heteroatoms. The number of fused-ring (bicyclic) bond motifs is 7. The van der Waals surface area contributed by atoms with E-state index in [0.29, 0.717) is 24.1 Å². The second-order valence-electron chi connectivity index (χ2n) is 16.1. The highest BCUT2D eigenvalue weighted by molar-refractivity contribution is 7.90. The number of hydrogen-bond acceptors (Lipinski definition) is 7. The van der Waals surface area contributed by atoms with Crippen molar-refractivity contribution in [2.45, 2.75) is 109 Å². The summed E-state index contributed by atoms with van der Waals surface area (Å²) in [5.41, 5.74) is 7.85. The first-order chi connectivity index (χ1) is 25.9. The molecule has 11 nitrogen and oxygen atoms in total. The summed E-state index contributed by atoms with van der Waals surface area (Å²) in [4.78, 5) is 32.7. The van der Waals surface area contributed by atoms with Gasteiger partial charge in [0.1, 0.15) is 5.75 Å². The van der Waals surface area contributed by atoms with E-state index in [1.54, 1.807) is 33.2 Å². The standard InChI is InChI=1S/C42H52N6O5S/c1-7-45-23-32-20-31(45)24-46(32)42(50)36-21-43-48(25(2)3)39(36)30-17-29-18-33(53-6)14-16-34(29)40-38(27-11-9-8-10-12-27)35-15-13-28(19-37(35)47(40)22-30)41(49)44-54(51,52)26(4)5/h13-19,21,25-27,31-32H,7-12,20,22-24H2,1-6H3,(H,44,49)/t31-,32?/m1/s1. The second kappa shape index (κ2) is 14.0. The second-order valence-corrected chi connectivity index (χ2v) is 18.3. The van der Waals surface area contributed by atoms with Crippen molar-refractivity contribution in [3.05, 3.63) is 70.5 Å². The number of rotatable bonds is 9. The van der Waals surface area contributed by atoms with E-state index in [2.05, 4.69) is 58.1 Å².